The van der Waals surface area contributed by atoms with Crippen molar-refractivity contribution >= 4 is 29.9 Å². The molecule has 2 N–H and O–H groups in total. The van der Waals surface area contributed by atoms with Gasteiger partial charge in [0.25, 0.3) is 0 Å². The minimum Gasteiger partial charge on any atom is -0.497 e. The van der Waals surface area contributed by atoms with Gasteiger partial charge < -0.3 is 24.7 Å². The first-order chi connectivity index (χ1) is 13.2. The van der Waals surface area contributed by atoms with E-state index < -0.39 is 0 Å². The van der Waals surface area contributed by atoms with E-state index in [0.29, 0.717) is 24.9 Å². The predicted molar refractivity (Wildman–Crippen MR) is 128 cm³/mol. The molecular formula is C21H34IN5O2. The number of likely N-dealkylation sites (N-methyl/N-ethyl adjacent to an activating group) is 1. The average Bonchev–Trinajstić information content (AvgIpc) is 3.14. The number of oxazole rings is 1. The monoisotopic (exact) mass is 515 g/mol. The van der Waals surface area contributed by atoms with E-state index >= 15 is 0 Å². The topological polar surface area (TPSA) is 74.9 Å². The standard InChI is InChI=1S/C21H33N5O2.HI/c1-21(2,3)18-13-23-19(28-18)14-25-20(22-4)24-12-17(26(5)6)15-8-10-16(27-7)11-9-15;/h8-11,13,17H,12,14H2,1-7H3,(H2,22,24,25);1H. The fourth-order valence-electron chi connectivity index (χ4n) is 2.74. The SMILES string of the molecule is CN=C(NCc1ncc(C(C)(C)C)o1)NCC(c1ccc(OC)cc1)N(C)C.I. The molecule has 0 radical (unpaired) electrons. The highest BCUT2D eigenvalue weighted by Gasteiger charge is 2.19. The number of hydrogen-bond acceptors (Lipinski definition) is 5. The summed E-state index contributed by atoms with van der Waals surface area (Å²) in [6.07, 6.45) is 1.79. The van der Waals surface area contributed by atoms with E-state index in [-0.39, 0.29) is 35.4 Å². The van der Waals surface area contributed by atoms with Crippen LogP contribution in [0.1, 0.15) is 44.0 Å². The Morgan fingerprint density at radius 2 is 1.86 bits per heavy atom. The average molecular weight is 515 g/mol. The van der Waals surface area contributed by atoms with Crippen molar-refractivity contribution < 1.29 is 9.15 Å². The third-order valence-electron chi connectivity index (χ3n) is 4.51. The zero-order valence-electron chi connectivity index (χ0n) is 18.4. The fraction of sp³-hybridized carbons (Fsp3) is 0.524. The maximum absolute atomic E-state index is 5.82. The molecule has 2 rings (SSSR count). The van der Waals surface area contributed by atoms with Gasteiger partial charge in [-0.05, 0) is 31.8 Å². The molecule has 1 heterocycles. The zero-order chi connectivity index (χ0) is 20.7. The molecule has 0 aliphatic rings. The molecule has 0 aliphatic carbocycles. The lowest BCUT2D eigenvalue weighted by molar-refractivity contribution is 0.297. The van der Waals surface area contributed by atoms with Crippen molar-refractivity contribution in [1.29, 1.82) is 0 Å². The quantitative estimate of drug-likeness (QED) is 0.334. The predicted octanol–water partition coefficient (Wildman–Crippen LogP) is 3.57. The normalized spacial score (nSPS) is 13.0. The Morgan fingerprint density at radius 3 is 2.34 bits per heavy atom. The van der Waals surface area contributed by atoms with Crippen molar-refractivity contribution in [2.24, 2.45) is 4.99 Å². The van der Waals surface area contributed by atoms with Crippen LogP contribution in [0, 0.1) is 0 Å². The van der Waals surface area contributed by atoms with E-state index in [1.54, 1.807) is 20.4 Å². The van der Waals surface area contributed by atoms with E-state index in [2.05, 4.69) is 72.5 Å². The Bertz CT molecular complexity index is 766. The number of ether oxygens (including phenoxy) is 1. The van der Waals surface area contributed by atoms with Gasteiger partial charge >= 0.3 is 0 Å². The van der Waals surface area contributed by atoms with Gasteiger partial charge in [0.05, 0.1) is 25.9 Å². The second-order valence-electron chi connectivity index (χ2n) is 7.93. The van der Waals surface area contributed by atoms with Crippen LogP contribution in [0.4, 0.5) is 0 Å². The molecule has 0 spiro atoms. The van der Waals surface area contributed by atoms with Gasteiger partial charge in [-0.3, -0.25) is 4.99 Å². The molecule has 7 nitrogen and oxygen atoms in total. The Labute approximate surface area is 191 Å². The molecule has 8 heteroatoms. The number of nitrogens with one attached hydrogen (secondary N) is 2. The molecule has 0 fully saturated rings. The summed E-state index contributed by atoms with van der Waals surface area (Å²) in [4.78, 5) is 10.8. The molecule has 1 atom stereocenters. The highest BCUT2D eigenvalue weighted by molar-refractivity contribution is 14.0. The summed E-state index contributed by atoms with van der Waals surface area (Å²) in [5, 5.41) is 6.64. The number of methoxy groups -OCH3 is 1. The maximum atomic E-state index is 5.82. The first kappa shape index (κ1) is 25.2. The Kier molecular flexibility index (Phi) is 9.91. The van der Waals surface area contributed by atoms with Crippen LogP contribution in [-0.2, 0) is 12.0 Å². The van der Waals surface area contributed by atoms with E-state index in [1.807, 2.05) is 12.1 Å². The second-order valence-corrected chi connectivity index (χ2v) is 7.93. The van der Waals surface area contributed by atoms with Crippen LogP contribution in [-0.4, -0.2) is 50.6 Å². The molecule has 29 heavy (non-hydrogen) atoms. The number of benzene rings is 1. The summed E-state index contributed by atoms with van der Waals surface area (Å²) in [6.45, 7) is 7.49. The van der Waals surface area contributed by atoms with Crippen molar-refractivity contribution in [3.8, 4) is 5.75 Å². The number of halogens is 1. The summed E-state index contributed by atoms with van der Waals surface area (Å²) in [5.41, 5.74) is 1.15. The van der Waals surface area contributed by atoms with E-state index in [4.69, 9.17) is 9.15 Å². The van der Waals surface area contributed by atoms with E-state index in [9.17, 15) is 0 Å². The van der Waals surface area contributed by atoms with Crippen LogP contribution < -0.4 is 15.4 Å². The van der Waals surface area contributed by atoms with Crippen molar-refractivity contribution in [2.45, 2.75) is 38.8 Å². The third kappa shape index (κ3) is 7.50. The van der Waals surface area contributed by atoms with Gasteiger partial charge in [0.15, 0.2) is 5.96 Å². The first-order valence-electron chi connectivity index (χ1n) is 9.44. The van der Waals surface area contributed by atoms with Gasteiger partial charge in [-0.2, -0.15) is 0 Å². The molecule has 0 amide bonds. The first-order valence-corrected chi connectivity index (χ1v) is 9.44. The fourth-order valence-corrected chi connectivity index (χ4v) is 2.74. The summed E-state index contributed by atoms with van der Waals surface area (Å²) in [5.74, 6) is 3.08. The Morgan fingerprint density at radius 1 is 1.21 bits per heavy atom. The lowest BCUT2D eigenvalue weighted by Crippen LogP contribution is -2.41. The van der Waals surface area contributed by atoms with Crippen LogP contribution in [0.15, 0.2) is 39.9 Å². The molecule has 0 saturated heterocycles. The Hall–Kier alpha value is -1.81. The van der Waals surface area contributed by atoms with Crippen LogP contribution in [0.3, 0.4) is 0 Å². The highest BCUT2D eigenvalue weighted by atomic mass is 127. The number of aromatic nitrogens is 1. The van der Waals surface area contributed by atoms with Gasteiger partial charge in [-0.15, -0.1) is 24.0 Å². The smallest absolute Gasteiger partial charge is 0.213 e. The van der Waals surface area contributed by atoms with Gasteiger partial charge in [0.1, 0.15) is 11.5 Å². The molecule has 1 aromatic carbocycles. The van der Waals surface area contributed by atoms with Gasteiger partial charge in [-0.25, -0.2) is 4.98 Å². The van der Waals surface area contributed by atoms with Crippen molar-refractivity contribution in [3.05, 3.63) is 47.7 Å². The number of guanidine groups is 1. The maximum Gasteiger partial charge on any atom is 0.213 e. The van der Waals surface area contributed by atoms with Crippen molar-refractivity contribution in [3.63, 3.8) is 0 Å². The molecule has 0 saturated carbocycles. The third-order valence-corrected chi connectivity index (χ3v) is 4.51. The largest absolute Gasteiger partial charge is 0.497 e. The zero-order valence-corrected chi connectivity index (χ0v) is 20.8. The molecule has 1 aromatic heterocycles. The number of hydrogen-bond donors (Lipinski definition) is 2. The lowest BCUT2D eigenvalue weighted by Gasteiger charge is -2.26. The molecular weight excluding hydrogens is 481 g/mol. The molecule has 162 valence electrons. The molecule has 0 aliphatic heterocycles. The molecule has 1 unspecified atom stereocenters. The summed E-state index contributed by atoms with van der Waals surface area (Å²) >= 11 is 0. The van der Waals surface area contributed by atoms with Crippen LogP contribution in [0.2, 0.25) is 0 Å². The van der Waals surface area contributed by atoms with Crippen LogP contribution in [0.25, 0.3) is 0 Å². The number of nitrogens with zero attached hydrogens (tertiary/aromatic N) is 3. The minimum atomic E-state index is -0.0531. The van der Waals surface area contributed by atoms with Gasteiger partial charge in [-0.1, -0.05) is 32.9 Å². The summed E-state index contributed by atoms with van der Waals surface area (Å²) in [6, 6.07) is 8.33. The molecule has 2 aromatic rings. The molecule has 0 bridgehead atoms. The van der Waals surface area contributed by atoms with E-state index in [0.717, 1.165) is 11.5 Å². The van der Waals surface area contributed by atoms with Crippen molar-refractivity contribution in [2.75, 3.05) is 34.8 Å². The van der Waals surface area contributed by atoms with Crippen LogP contribution in [0.5, 0.6) is 5.75 Å². The second kappa shape index (κ2) is 11.4. The van der Waals surface area contributed by atoms with Crippen LogP contribution >= 0.6 is 24.0 Å². The highest BCUT2D eigenvalue weighted by Crippen LogP contribution is 2.23. The minimum absolute atomic E-state index is 0. The Balaban J connectivity index is 0.00000420. The number of rotatable bonds is 7. The van der Waals surface area contributed by atoms with Crippen molar-refractivity contribution in [1.82, 2.24) is 20.5 Å². The number of aliphatic imine (C=N–C) groups is 1. The van der Waals surface area contributed by atoms with Gasteiger partial charge in [0, 0.05) is 19.0 Å². The van der Waals surface area contributed by atoms with E-state index in [1.165, 1.54) is 5.56 Å². The summed E-state index contributed by atoms with van der Waals surface area (Å²) < 4.78 is 11.1. The van der Waals surface area contributed by atoms with Gasteiger partial charge in [0.2, 0.25) is 5.89 Å². The lowest BCUT2D eigenvalue weighted by atomic mass is 9.94. The summed E-state index contributed by atoms with van der Waals surface area (Å²) in [7, 11) is 7.55.